The number of aliphatic carboxylic acids is 1. The zero-order valence-corrected chi connectivity index (χ0v) is 23.4. The zero-order chi connectivity index (χ0) is 27.7. The molecule has 1 aromatic carbocycles. The molecule has 0 spiro atoms. The molecule has 1 fully saturated rings. The van der Waals surface area contributed by atoms with Gasteiger partial charge in [-0.15, -0.1) is 0 Å². The van der Waals surface area contributed by atoms with E-state index in [0.717, 1.165) is 16.5 Å². The van der Waals surface area contributed by atoms with Crippen molar-refractivity contribution in [1.29, 1.82) is 0 Å². The highest BCUT2D eigenvalue weighted by Crippen LogP contribution is 2.21. The molecule has 2 aromatic rings. The monoisotopic (exact) mass is 563 g/mol. The van der Waals surface area contributed by atoms with Gasteiger partial charge in [0.1, 0.15) is 18.1 Å². The highest BCUT2D eigenvalue weighted by molar-refractivity contribution is 7.98. The minimum absolute atomic E-state index is 0.196. The lowest BCUT2D eigenvalue weighted by Gasteiger charge is -2.29. The fourth-order valence-electron chi connectivity index (χ4n) is 4.64. The van der Waals surface area contributed by atoms with Gasteiger partial charge in [-0.1, -0.05) is 18.2 Å². The number of rotatable bonds is 14. The van der Waals surface area contributed by atoms with Crippen molar-refractivity contribution < 1.29 is 24.3 Å². The second kappa shape index (κ2) is 14.5. The molecule has 6 N–H and O–H groups in total. The molecule has 1 aliphatic heterocycles. The first kappa shape index (κ1) is 29.9. The van der Waals surface area contributed by atoms with E-state index in [-0.39, 0.29) is 6.42 Å². The van der Waals surface area contributed by atoms with Crippen molar-refractivity contribution in [2.45, 2.75) is 56.3 Å². The van der Waals surface area contributed by atoms with Gasteiger partial charge in [-0.25, -0.2) is 4.79 Å². The van der Waals surface area contributed by atoms with Crippen LogP contribution in [0.2, 0.25) is 0 Å². The number of H-pyrrole nitrogens is 1. The topological polar surface area (TPSA) is 158 Å². The number of thioether (sulfide) groups is 2. The molecule has 1 aromatic heterocycles. The highest BCUT2D eigenvalue weighted by atomic mass is 32.2. The Kier molecular flexibility index (Phi) is 11.4. The van der Waals surface area contributed by atoms with Crippen molar-refractivity contribution in [2.24, 2.45) is 5.73 Å². The minimum Gasteiger partial charge on any atom is -0.480 e. The van der Waals surface area contributed by atoms with Crippen molar-refractivity contribution in [2.75, 3.05) is 30.6 Å². The van der Waals surface area contributed by atoms with E-state index in [1.165, 1.54) is 16.7 Å². The second-order valence-electron chi connectivity index (χ2n) is 9.38. The van der Waals surface area contributed by atoms with Gasteiger partial charge in [-0.05, 0) is 61.3 Å². The number of carbonyl (C=O) groups excluding carboxylic acids is 3. The number of carboxylic acid groups (broad SMARTS) is 1. The Balaban J connectivity index is 1.82. The molecule has 208 valence electrons. The lowest BCUT2D eigenvalue weighted by molar-refractivity contribution is -0.149. The number of nitrogens with one attached hydrogen (secondary N) is 3. The number of hydrogen-bond acceptors (Lipinski definition) is 7. The van der Waals surface area contributed by atoms with Crippen molar-refractivity contribution in [3.05, 3.63) is 36.0 Å². The number of amides is 3. The van der Waals surface area contributed by atoms with E-state index >= 15 is 0 Å². The standard InChI is InChI=1S/C26H37N5O5S2/c1-37-12-9-18(27)23(32)30-21(14-16-15-28-19-7-4-3-6-17(16)19)24(33)29-20(10-13-38-2)25(34)31-11-5-8-22(31)26(35)36/h3-4,6-7,15,18,20-22,28H,5,8-14,27H2,1-2H3,(H,29,33)(H,30,32)(H,35,36). The molecule has 0 aliphatic carbocycles. The summed E-state index contributed by atoms with van der Waals surface area (Å²) in [5, 5.41) is 16.1. The summed E-state index contributed by atoms with van der Waals surface area (Å²) < 4.78 is 0. The van der Waals surface area contributed by atoms with Crippen LogP contribution >= 0.6 is 23.5 Å². The van der Waals surface area contributed by atoms with Crippen molar-refractivity contribution >= 4 is 58.1 Å². The summed E-state index contributed by atoms with van der Waals surface area (Å²) in [6, 6.07) is 4.14. The molecule has 0 radical (unpaired) electrons. The SMILES string of the molecule is CSCCC(N)C(=O)NC(Cc1c[nH]c2ccccc12)C(=O)NC(CCSC)C(=O)N1CCCC1C(=O)O. The molecule has 3 rings (SSSR count). The number of aromatic nitrogens is 1. The Morgan fingerprint density at radius 1 is 1.08 bits per heavy atom. The molecule has 1 saturated heterocycles. The first-order valence-corrected chi connectivity index (χ1v) is 15.5. The van der Waals surface area contributed by atoms with Crippen LogP contribution in [-0.2, 0) is 25.6 Å². The van der Waals surface area contributed by atoms with Crippen molar-refractivity contribution in [3.8, 4) is 0 Å². The molecule has 4 unspecified atom stereocenters. The maximum atomic E-state index is 13.6. The third-order valence-electron chi connectivity index (χ3n) is 6.75. The van der Waals surface area contributed by atoms with E-state index in [1.807, 2.05) is 43.0 Å². The summed E-state index contributed by atoms with van der Waals surface area (Å²) in [6.07, 6.45) is 7.62. The van der Waals surface area contributed by atoms with Crippen LogP contribution in [0.3, 0.4) is 0 Å². The predicted molar refractivity (Wildman–Crippen MR) is 152 cm³/mol. The summed E-state index contributed by atoms with van der Waals surface area (Å²) in [7, 11) is 0. The molecule has 4 atom stereocenters. The first-order chi connectivity index (χ1) is 18.3. The van der Waals surface area contributed by atoms with Gasteiger partial charge < -0.3 is 31.4 Å². The van der Waals surface area contributed by atoms with Gasteiger partial charge in [0.25, 0.3) is 0 Å². The predicted octanol–water partition coefficient (Wildman–Crippen LogP) is 1.59. The normalized spacial score (nSPS) is 17.7. The van der Waals surface area contributed by atoms with Crippen LogP contribution < -0.4 is 16.4 Å². The van der Waals surface area contributed by atoms with Crippen molar-refractivity contribution in [1.82, 2.24) is 20.5 Å². The van der Waals surface area contributed by atoms with Gasteiger partial charge >= 0.3 is 5.97 Å². The number of nitrogens with two attached hydrogens (primary N) is 1. The third-order valence-corrected chi connectivity index (χ3v) is 8.04. The summed E-state index contributed by atoms with van der Waals surface area (Å²) in [5.74, 6) is -1.09. The van der Waals surface area contributed by atoms with Crippen LogP contribution in [0.1, 0.15) is 31.2 Å². The van der Waals surface area contributed by atoms with Crippen LogP contribution in [0.4, 0.5) is 0 Å². The smallest absolute Gasteiger partial charge is 0.326 e. The highest BCUT2D eigenvalue weighted by Gasteiger charge is 2.38. The molecule has 3 amide bonds. The molecule has 12 heteroatoms. The summed E-state index contributed by atoms with van der Waals surface area (Å²) in [6.45, 7) is 0.335. The van der Waals surface area contributed by atoms with Crippen molar-refractivity contribution in [3.63, 3.8) is 0 Å². The zero-order valence-electron chi connectivity index (χ0n) is 21.8. The van der Waals surface area contributed by atoms with E-state index in [1.54, 1.807) is 11.8 Å². The average Bonchev–Trinajstić information content (AvgIpc) is 3.56. The van der Waals surface area contributed by atoms with E-state index in [0.29, 0.717) is 43.7 Å². The number of aromatic amines is 1. The third kappa shape index (κ3) is 7.67. The Hall–Kier alpha value is -2.70. The fourth-order valence-corrected chi connectivity index (χ4v) is 5.60. The quantitative estimate of drug-likeness (QED) is 0.232. The van der Waals surface area contributed by atoms with Crippen LogP contribution in [-0.4, -0.2) is 93.4 Å². The molecule has 10 nitrogen and oxygen atoms in total. The second-order valence-corrected chi connectivity index (χ2v) is 11.4. The summed E-state index contributed by atoms with van der Waals surface area (Å²) in [5.41, 5.74) is 7.83. The van der Waals surface area contributed by atoms with Gasteiger partial charge in [0.15, 0.2) is 0 Å². The number of para-hydroxylation sites is 1. The Bertz CT molecular complexity index is 1130. The van der Waals surface area contributed by atoms with E-state index in [9.17, 15) is 24.3 Å². The number of nitrogens with zero attached hydrogens (tertiary/aromatic N) is 1. The maximum absolute atomic E-state index is 13.6. The lowest BCUT2D eigenvalue weighted by atomic mass is 10.0. The van der Waals surface area contributed by atoms with Crippen LogP contribution in [0.25, 0.3) is 10.9 Å². The van der Waals surface area contributed by atoms with Crippen LogP contribution in [0, 0.1) is 0 Å². The van der Waals surface area contributed by atoms with E-state index < -0.39 is 47.9 Å². The van der Waals surface area contributed by atoms with E-state index in [4.69, 9.17) is 5.73 Å². The van der Waals surface area contributed by atoms with Gasteiger partial charge in [-0.2, -0.15) is 23.5 Å². The Morgan fingerprint density at radius 3 is 2.47 bits per heavy atom. The average molecular weight is 564 g/mol. The number of benzene rings is 1. The van der Waals surface area contributed by atoms with E-state index in [2.05, 4.69) is 15.6 Å². The minimum atomic E-state index is -1.05. The van der Waals surface area contributed by atoms with Crippen LogP contribution in [0.15, 0.2) is 30.5 Å². The summed E-state index contributed by atoms with van der Waals surface area (Å²) >= 11 is 3.11. The molecule has 1 aliphatic rings. The maximum Gasteiger partial charge on any atom is 0.326 e. The largest absolute Gasteiger partial charge is 0.480 e. The number of likely N-dealkylation sites (tertiary alicyclic amines) is 1. The molecule has 2 heterocycles. The number of carbonyl (C=O) groups is 4. The van der Waals surface area contributed by atoms with Gasteiger partial charge in [-0.3, -0.25) is 14.4 Å². The first-order valence-electron chi connectivity index (χ1n) is 12.7. The Morgan fingerprint density at radius 2 is 1.76 bits per heavy atom. The number of hydrogen-bond donors (Lipinski definition) is 5. The van der Waals surface area contributed by atoms with Crippen LogP contribution in [0.5, 0.6) is 0 Å². The molecule has 0 bridgehead atoms. The fraction of sp³-hybridized carbons (Fsp3) is 0.538. The molecule has 0 saturated carbocycles. The van der Waals surface area contributed by atoms with Gasteiger partial charge in [0.05, 0.1) is 6.04 Å². The molecule has 38 heavy (non-hydrogen) atoms. The molecular weight excluding hydrogens is 526 g/mol. The van der Waals surface area contributed by atoms with Gasteiger partial charge in [0.2, 0.25) is 17.7 Å². The summed E-state index contributed by atoms with van der Waals surface area (Å²) in [4.78, 5) is 56.1. The Labute approximate surface area is 231 Å². The number of carboxylic acids is 1. The molecular formula is C26H37N5O5S2. The van der Waals surface area contributed by atoms with Gasteiger partial charge in [0, 0.05) is 30.1 Å². The lowest BCUT2D eigenvalue weighted by Crippen LogP contribution is -2.57. The number of fused-ring (bicyclic) bond motifs is 1.